The first kappa shape index (κ1) is 16.2. The average Bonchev–Trinajstić information content (AvgIpc) is 3.18. The lowest BCUT2D eigenvalue weighted by Gasteiger charge is -2.06. The first-order valence-corrected chi connectivity index (χ1v) is 9.88. The highest BCUT2D eigenvalue weighted by atomic mass is 32.1. The fourth-order valence-electron chi connectivity index (χ4n) is 3.89. The van der Waals surface area contributed by atoms with Crippen molar-refractivity contribution in [3.05, 3.63) is 77.3 Å². The van der Waals surface area contributed by atoms with E-state index in [1.807, 2.05) is 0 Å². The van der Waals surface area contributed by atoms with Crippen LogP contribution in [0.1, 0.15) is 10.6 Å². The molecule has 4 heteroatoms. The molecule has 132 valence electrons. The number of nitrogens with zero attached hydrogens (tertiary/aromatic N) is 3. The summed E-state index contributed by atoms with van der Waals surface area (Å²) >= 11 is 1.76. The standard InChI is InChI=1S/C23H20N3S/c1-15-13-22-19(24-16(2)27-22)14-18(15)23-25(3)20-11-7-8-12-21(20)26(23)17-9-5-4-6-10-17/h4-14H,1-3H3/q+1. The van der Waals surface area contributed by atoms with Crippen molar-refractivity contribution in [2.45, 2.75) is 13.8 Å². The maximum atomic E-state index is 4.73. The Morgan fingerprint density at radius 2 is 1.67 bits per heavy atom. The van der Waals surface area contributed by atoms with E-state index in [1.54, 1.807) is 11.3 Å². The minimum Gasteiger partial charge on any atom is -0.241 e. The Labute approximate surface area is 162 Å². The van der Waals surface area contributed by atoms with E-state index < -0.39 is 0 Å². The average molecular weight is 371 g/mol. The SMILES string of the molecule is Cc1nc2cc(-c3n(-c4ccccc4)c4ccccc4[n+]3C)c(C)cc2s1. The van der Waals surface area contributed by atoms with Gasteiger partial charge in [-0.25, -0.2) is 9.55 Å². The molecule has 0 N–H and O–H groups in total. The van der Waals surface area contributed by atoms with E-state index in [4.69, 9.17) is 4.98 Å². The molecule has 3 aromatic carbocycles. The van der Waals surface area contributed by atoms with Gasteiger partial charge in [0.25, 0.3) is 5.82 Å². The molecule has 0 fully saturated rings. The van der Waals surface area contributed by atoms with Crippen LogP contribution in [-0.4, -0.2) is 9.55 Å². The lowest BCUT2D eigenvalue weighted by atomic mass is 10.1. The molecule has 0 unspecified atom stereocenters. The minimum absolute atomic E-state index is 1.07. The first-order chi connectivity index (χ1) is 13.1. The van der Waals surface area contributed by atoms with Crippen LogP contribution < -0.4 is 4.57 Å². The lowest BCUT2D eigenvalue weighted by molar-refractivity contribution is -0.633. The third-order valence-corrected chi connectivity index (χ3v) is 6.04. The Hall–Kier alpha value is -2.98. The zero-order valence-corrected chi connectivity index (χ0v) is 16.4. The number of rotatable bonds is 2. The Bertz CT molecular complexity index is 1300. The summed E-state index contributed by atoms with van der Waals surface area (Å²) in [7, 11) is 2.15. The number of aryl methyl sites for hydroxylation is 3. The van der Waals surface area contributed by atoms with Crippen LogP contribution in [0.5, 0.6) is 0 Å². The van der Waals surface area contributed by atoms with Crippen LogP contribution in [0.25, 0.3) is 38.3 Å². The van der Waals surface area contributed by atoms with Crippen LogP contribution in [0.2, 0.25) is 0 Å². The van der Waals surface area contributed by atoms with Crippen LogP contribution in [0, 0.1) is 13.8 Å². The molecule has 5 aromatic rings. The monoisotopic (exact) mass is 370 g/mol. The number of benzene rings is 3. The molecule has 0 aliphatic carbocycles. The molecule has 2 aromatic heterocycles. The van der Waals surface area contributed by atoms with E-state index in [0.29, 0.717) is 0 Å². The molecule has 0 bridgehead atoms. The predicted molar refractivity (Wildman–Crippen MR) is 113 cm³/mol. The van der Waals surface area contributed by atoms with Crippen LogP contribution >= 0.6 is 11.3 Å². The molecular weight excluding hydrogens is 350 g/mol. The van der Waals surface area contributed by atoms with Crippen LogP contribution in [0.3, 0.4) is 0 Å². The largest absolute Gasteiger partial charge is 0.295 e. The number of fused-ring (bicyclic) bond motifs is 2. The van der Waals surface area contributed by atoms with Gasteiger partial charge < -0.3 is 0 Å². The summed E-state index contributed by atoms with van der Waals surface area (Å²) in [4.78, 5) is 4.73. The normalized spacial score (nSPS) is 11.5. The Balaban J connectivity index is 1.91. The molecule has 0 atom stereocenters. The summed E-state index contributed by atoms with van der Waals surface area (Å²) < 4.78 is 5.89. The van der Waals surface area contributed by atoms with E-state index in [2.05, 4.69) is 96.8 Å². The van der Waals surface area contributed by atoms with E-state index >= 15 is 0 Å². The minimum atomic E-state index is 1.07. The zero-order chi connectivity index (χ0) is 18.5. The van der Waals surface area contributed by atoms with Gasteiger partial charge in [0.1, 0.15) is 5.69 Å². The van der Waals surface area contributed by atoms with Gasteiger partial charge in [-0.05, 0) is 55.8 Å². The highest BCUT2D eigenvalue weighted by Gasteiger charge is 2.27. The van der Waals surface area contributed by atoms with Crippen LogP contribution in [0.15, 0.2) is 66.7 Å². The summed E-state index contributed by atoms with van der Waals surface area (Å²) in [6, 6.07) is 23.6. The summed E-state index contributed by atoms with van der Waals surface area (Å²) in [6.07, 6.45) is 0. The van der Waals surface area contributed by atoms with E-state index in [-0.39, 0.29) is 0 Å². The lowest BCUT2D eigenvalue weighted by Crippen LogP contribution is -2.30. The van der Waals surface area contributed by atoms with E-state index in [1.165, 1.54) is 38.4 Å². The van der Waals surface area contributed by atoms with Gasteiger partial charge in [0, 0.05) is 0 Å². The molecular formula is C23H20N3S+. The highest BCUT2D eigenvalue weighted by Crippen LogP contribution is 2.33. The number of imidazole rings is 1. The van der Waals surface area contributed by atoms with Gasteiger partial charge in [-0.15, -0.1) is 11.3 Å². The molecule has 0 amide bonds. The number of hydrogen-bond donors (Lipinski definition) is 0. The fraction of sp³-hybridized carbons (Fsp3) is 0.130. The van der Waals surface area contributed by atoms with Crippen molar-refractivity contribution in [3.63, 3.8) is 0 Å². The number of para-hydroxylation sites is 3. The molecule has 27 heavy (non-hydrogen) atoms. The second-order valence-electron chi connectivity index (χ2n) is 6.91. The van der Waals surface area contributed by atoms with Gasteiger partial charge in [-0.3, -0.25) is 0 Å². The third kappa shape index (κ3) is 2.48. The van der Waals surface area contributed by atoms with Gasteiger partial charge in [-0.2, -0.15) is 4.57 Å². The van der Waals surface area contributed by atoms with Crippen LogP contribution in [0.4, 0.5) is 0 Å². The fourth-order valence-corrected chi connectivity index (χ4v) is 4.79. The molecule has 2 heterocycles. The molecule has 0 radical (unpaired) electrons. The van der Waals surface area contributed by atoms with Gasteiger partial charge >= 0.3 is 0 Å². The van der Waals surface area contributed by atoms with Crippen molar-refractivity contribution in [2.75, 3.05) is 0 Å². The third-order valence-electron chi connectivity index (χ3n) is 5.11. The summed E-state index contributed by atoms with van der Waals surface area (Å²) in [5.41, 5.74) is 7.14. The van der Waals surface area contributed by atoms with E-state index in [0.717, 1.165) is 10.5 Å². The van der Waals surface area contributed by atoms with Crippen molar-refractivity contribution < 1.29 is 4.57 Å². The van der Waals surface area contributed by atoms with Crippen molar-refractivity contribution in [1.82, 2.24) is 9.55 Å². The van der Waals surface area contributed by atoms with Gasteiger partial charge in [0.05, 0.1) is 27.8 Å². The highest BCUT2D eigenvalue weighted by molar-refractivity contribution is 7.18. The van der Waals surface area contributed by atoms with Gasteiger partial charge in [0.15, 0.2) is 11.0 Å². The Morgan fingerprint density at radius 1 is 0.926 bits per heavy atom. The topological polar surface area (TPSA) is 21.7 Å². The second kappa shape index (κ2) is 6.03. The zero-order valence-electron chi connectivity index (χ0n) is 15.6. The van der Waals surface area contributed by atoms with Gasteiger partial charge in [0.2, 0.25) is 0 Å². The summed E-state index contributed by atoms with van der Waals surface area (Å²) in [5, 5.41) is 1.11. The van der Waals surface area contributed by atoms with Crippen molar-refractivity contribution in [2.24, 2.45) is 7.05 Å². The molecule has 0 saturated carbocycles. The molecule has 0 saturated heterocycles. The smallest absolute Gasteiger partial charge is 0.241 e. The molecule has 0 spiro atoms. The quantitative estimate of drug-likeness (QED) is 0.384. The Kier molecular flexibility index (Phi) is 3.62. The predicted octanol–water partition coefficient (Wildman–Crippen LogP) is 5.35. The van der Waals surface area contributed by atoms with Crippen molar-refractivity contribution in [3.8, 4) is 17.1 Å². The first-order valence-electron chi connectivity index (χ1n) is 9.06. The number of hydrogen-bond acceptors (Lipinski definition) is 2. The van der Waals surface area contributed by atoms with Crippen molar-refractivity contribution >= 4 is 32.6 Å². The number of aromatic nitrogens is 3. The molecule has 0 aliphatic heterocycles. The molecule has 0 aliphatic rings. The maximum absolute atomic E-state index is 4.73. The Morgan fingerprint density at radius 3 is 2.48 bits per heavy atom. The summed E-state index contributed by atoms with van der Waals surface area (Å²) in [5.74, 6) is 1.17. The number of thiazole rings is 1. The van der Waals surface area contributed by atoms with E-state index in [9.17, 15) is 0 Å². The molecule has 5 rings (SSSR count). The molecule has 3 nitrogen and oxygen atoms in total. The van der Waals surface area contributed by atoms with Crippen molar-refractivity contribution in [1.29, 1.82) is 0 Å². The van der Waals surface area contributed by atoms with Crippen LogP contribution in [-0.2, 0) is 7.05 Å². The van der Waals surface area contributed by atoms with Gasteiger partial charge in [-0.1, -0.05) is 30.3 Å². The maximum Gasteiger partial charge on any atom is 0.295 e. The summed E-state index contributed by atoms with van der Waals surface area (Å²) in [6.45, 7) is 4.26. The second-order valence-corrected chi connectivity index (χ2v) is 8.14.